The molecule has 2 heterocycles. The molecule has 1 saturated heterocycles. The van der Waals surface area contributed by atoms with E-state index < -0.39 is 0 Å². The first kappa shape index (κ1) is 13.0. The maximum absolute atomic E-state index is 11.6. The Hall–Kier alpha value is -1.42. The van der Waals surface area contributed by atoms with Gasteiger partial charge in [0, 0.05) is 24.9 Å². The normalized spacial score (nSPS) is 18.8. The number of carbonyl (C=O) groups excluding carboxylic acids is 1. The lowest BCUT2D eigenvalue weighted by atomic mass is 10.1. The number of hydrogen-bond donors (Lipinski definition) is 2. The standard InChI is InChI=1S/C14H21N3O/c18-14(5-4-13-3-1-2-8-16-13)17-10-7-12-6-9-15-11-12/h1-3,8,12,15H,4-7,9-11H2,(H,17,18). The van der Waals surface area contributed by atoms with E-state index in [-0.39, 0.29) is 5.91 Å². The Morgan fingerprint density at radius 1 is 1.50 bits per heavy atom. The van der Waals surface area contributed by atoms with E-state index in [1.807, 2.05) is 18.2 Å². The molecule has 1 amide bonds. The zero-order valence-corrected chi connectivity index (χ0v) is 10.7. The van der Waals surface area contributed by atoms with Crippen molar-refractivity contribution < 1.29 is 4.79 Å². The summed E-state index contributed by atoms with van der Waals surface area (Å²) in [5.41, 5.74) is 0.979. The highest BCUT2D eigenvalue weighted by Crippen LogP contribution is 2.10. The third-order valence-corrected chi connectivity index (χ3v) is 3.37. The minimum atomic E-state index is 0.131. The molecule has 1 fully saturated rings. The molecule has 1 atom stereocenters. The van der Waals surface area contributed by atoms with Gasteiger partial charge in [-0.15, -0.1) is 0 Å². The van der Waals surface area contributed by atoms with Crippen LogP contribution in [-0.4, -0.2) is 30.5 Å². The SMILES string of the molecule is O=C(CCc1ccccn1)NCCC1CCNC1. The summed E-state index contributed by atoms with van der Waals surface area (Å²) in [7, 11) is 0. The van der Waals surface area contributed by atoms with Crippen LogP contribution in [0.4, 0.5) is 0 Å². The van der Waals surface area contributed by atoms with Gasteiger partial charge < -0.3 is 10.6 Å². The first-order valence-electron chi connectivity index (χ1n) is 6.72. The monoisotopic (exact) mass is 247 g/mol. The van der Waals surface area contributed by atoms with E-state index in [1.165, 1.54) is 6.42 Å². The first-order chi connectivity index (χ1) is 8.84. The van der Waals surface area contributed by atoms with Gasteiger partial charge in [0.25, 0.3) is 0 Å². The maximum Gasteiger partial charge on any atom is 0.220 e. The van der Waals surface area contributed by atoms with E-state index in [0.717, 1.165) is 44.1 Å². The van der Waals surface area contributed by atoms with Crippen molar-refractivity contribution in [3.8, 4) is 0 Å². The number of aromatic nitrogens is 1. The molecule has 18 heavy (non-hydrogen) atoms. The van der Waals surface area contributed by atoms with Crippen molar-refractivity contribution in [2.45, 2.75) is 25.7 Å². The molecule has 0 saturated carbocycles. The van der Waals surface area contributed by atoms with Crippen LogP contribution in [0.5, 0.6) is 0 Å². The molecule has 1 aromatic heterocycles. The van der Waals surface area contributed by atoms with Gasteiger partial charge in [-0.2, -0.15) is 0 Å². The minimum absolute atomic E-state index is 0.131. The molecular weight excluding hydrogens is 226 g/mol. The van der Waals surface area contributed by atoms with Crippen molar-refractivity contribution in [2.75, 3.05) is 19.6 Å². The van der Waals surface area contributed by atoms with Gasteiger partial charge in [-0.05, 0) is 50.4 Å². The molecule has 4 heteroatoms. The van der Waals surface area contributed by atoms with Crippen LogP contribution in [0.25, 0.3) is 0 Å². The summed E-state index contributed by atoms with van der Waals surface area (Å²) < 4.78 is 0. The lowest BCUT2D eigenvalue weighted by Crippen LogP contribution is -2.26. The van der Waals surface area contributed by atoms with E-state index in [0.29, 0.717) is 6.42 Å². The highest BCUT2D eigenvalue weighted by molar-refractivity contribution is 5.76. The van der Waals surface area contributed by atoms with Gasteiger partial charge in [0.1, 0.15) is 0 Å². The summed E-state index contributed by atoms with van der Waals surface area (Å²) in [5.74, 6) is 0.868. The van der Waals surface area contributed by atoms with E-state index in [4.69, 9.17) is 0 Å². The van der Waals surface area contributed by atoms with Crippen LogP contribution < -0.4 is 10.6 Å². The van der Waals surface area contributed by atoms with Crippen molar-refractivity contribution in [3.05, 3.63) is 30.1 Å². The van der Waals surface area contributed by atoms with Crippen molar-refractivity contribution in [3.63, 3.8) is 0 Å². The lowest BCUT2D eigenvalue weighted by Gasteiger charge is -2.09. The smallest absolute Gasteiger partial charge is 0.220 e. The maximum atomic E-state index is 11.6. The second-order valence-electron chi connectivity index (χ2n) is 4.82. The predicted octanol–water partition coefficient (Wildman–Crippen LogP) is 1.13. The fourth-order valence-corrected chi connectivity index (χ4v) is 2.25. The average molecular weight is 247 g/mol. The van der Waals surface area contributed by atoms with Gasteiger partial charge in [-0.1, -0.05) is 6.07 Å². The van der Waals surface area contributed by atoms with Crippen molar-refractivity contribution in [1.29, 1.82) is 0 Å². The molecule has 1 unspecified atom stereocenters. The van der Waals surface area contributed by atoms with Crippen LogP contribution in [0.15, 0.2) is 24.4 Å². The Bertz CT molecular complexity index is 361. The zero-order valence-electron chi connectivity index (χ0n) is 10.7. The summed E-state index contributed by atoms with van der Waals surface area (Å²) in [6, 6.07) is 5.80. The Morgan fingerprint density at radius 3 is 3.17 bits per heavy atom. The molecule has 2 N–H and O–H groups in total. The van der Waals surface area contributed by atoms with E-state index in [2.05, 4.69) is 15.6 Å². The van der Waals surface area contributed by atoms with Crippen LogP contribution in [0.3, 0.4) is 0 Å². The van der Waals surface area contributed by atoms with Gasteiger partial charge >= 0.3 is 0 Å². The summed E-state index contributed by atoms with van der Waals surface area (Å²) in [5, 5.41) is 6.32. The number of nitrogens with one attached hydrogen (secondary N) is 2. The largest absolute Gasteiger partial charge is 0.356 e. The molecule has 0 radical (unpaired) electrons. The van der Waals surface area contributed by atoms with E-state index >= 15 is 0 Å². The number of pyridine rings is 1. The van der Waals surface area contributed by atoms with E-state index in [1.54, 1.807) is 6.20 Å². The molecule has 0 spiro atoms. The van der Waals surface area contributed by atoms with Crippen molar-refractivity contribution >= 4 is 5.91 Å². The number of amides is 1. The summed E-state index contributed by atoms with van der Waals surface area (Å²) in [4.78, 5) is 15.8. The Kier molecular flexibility index (Phi) is 5.15. The fourth-order valence-electron chi connectivity index (χ4n) is 2.25. The highest BCUT2D eigenvalue weighted by Gasteiger charge is 2.13. The summed E-state index contributed by atoms with van der Waals surface area (Å²) in [6.45, 7) is 3.02. The second kappa shape index (κ2) is 7.11. The molecule has 0 aromatic carbocycles. The average Bonchev–Trinajstić information content (AvgIpc) is 2.91. The van der Waals surface area contributed by atoms with E-state index in [9.17, 15) is 4.79 Å². The van der Waals surface area contributed by atoms with Gasteiger partial charge in [-0.3, -0.25) is 9.78 Å². The Balaban J connectivity index is 1.57. The number of aryl methyl sites for hydroxylation is 1. The molecule has 2 rings (SSSR count). The second-order valence-corrected chi connectivity index (χ2v) is 4.82. The van der Waals surface area contributed by atoms with Gasteiger partial charge in [0.2, 0.25) is 5.91 Å². The summed E-state index contributed by atoms with van der Waals surface area (Å²) >= 11 is 0. The number of carbonyl (C=O) groups is 1. The quantitative estimate of drug-likeness (QED) is 0.792. The third kappa shape index (κ3) is 4.45. The fraction of sp³-hybridized carbons (Fsp3) is 0.571. The van der Waals surface area contributed by atoms with Gasteiger partial charge in [-0.25, -0.2) is 0 Å². The first-order valence-corrected chi connectivity index (χ1v) is 6.72. The number of hydrogen-bond acceptors (Lipinski definition) is 3. The van der Waals surface area contributed by atoms with Crippen LogP contribution in [0.2, 0.25) is 0 Å². The molecule has 4 nitrogen and oxygen atoms in total. The molecule has 1 aliphatic heterocycles. The zero-order chi connectivity index (χ0) is 12.6. The predicted molar refractivity (Wildman–Crippen MR) is 71.2 cm³/mol. The van der Waals surface area contributed by atoms with Crippen molar-refractivity contribution in [1.82, 2.24) is 15.6 Å². The Morgan fingerprint density at radius 2 is 2.44 bits per heavy atom. The van der Waals surface area contributed by atoms with Crippen LogP contribution in [0, 0.1) is 5.92 Å². The van der Waals surface area contributed by atoms with Crippen LogP contribution in [0.1, 0.15) is 25.0 Å². The van der Waals surface area contributed by atoms with Gasteiger partial charge in [0.15, 0.2) is 0 Å². The molecule has 1 aromatic rings. The topological polar surface area (TPSA) is 54.0 Å². The molecule has 1 aliphatic rings. The van der Waals surface area contributed by atoms with Crippen LogP contribution in [-0.2, 0) is 11.2 Å². The Labute approximate surface area is 108 Å². The molecular formula is C14H21N3O. The van der Waals surface area contributed by atoms with Crippen molar-refractivity contribution in [2.24, 2.45) is 5.92 Å². The minimum Gasteiger partial charge on any atom is -0.356 e. The van der Waals surface area contributed by atoms with Gasteiger partial charge in [0.05, 0.1) is 0 Å². The number of rotatable bonds is 6. The molecule has 0 bridgehead atoms. The molecule has 98 valence electrons. The summed E-state index contributed by atoms with van der Waals surface area (Å²) in [6.07, 6.45) is 5.34. The third-order valence-electron chi connectivity index (χ3n) is 3.37. The lowest BCUT2D eigenvalue weighted by molar-refractivity contribution is -0.121. The highest BCUT2D eigenvalue weighted by atomic mass is 16.1. The molecule has 0 aliphatic carbocycles. The van der Waals surface area contributed by atoms with Crippen LogP contribution >= 0.6 is 0 Å². The number of nitrogens with zero attached hydrogens (tertiary/aromatic N) is 1.